The second kappa shape index (κ2) is 34.2. The summed E-state index contributed by atoms with van der Waals surface area (Å²) in [5.74, 6) is -9.08. The summed E-state index contributed by atoms with van der Waals surface area (Å²) in [5.41, 5.74) is 0.347. The zero-order valence-corrected chi connectivity index (χ0v) is 54.3. The number of carbonyl (C=O) groups is 4. The molecule has 0 spiro atoms. The fourth-order valence-electron chi connectivity index (χ4n) is 11.4. The molecule has 6 aliphatic rings. The van der Waals surface area contributed by atoms with Gasteiger partial charge in [-0.2, -0.15) is 0 Å². The van der Waals surface area contributed by atoms with Crippen molar-refractivity contribution in [2.24, 2.45) is 0 Å². The van der Waals surface area contributed by atoms with Crippen LogP contribution < -0.4 is 18.9 Å². The molecular weight excluding hydrogens is 1420 g/mol. The lowest BCUT2D eigenvalue weighted by molar-refractivity contribution is -0.296. The van der Waals surface area contributed by atoms with Crippen LogP contribution in [-0.4, -0.2) is 322 Å². The fourth-order valence-corrected chi connectivity index (χ4v) is 11.4. The Morgan fingerprint density at radius 2 is 0.790 bits per heavy atom. The average Bonchev–Trinajstić information content (AvgIpc) is 0.764. The van der Waals surface area contributed by atoms with E-state index >= 15 is 0 Å². The minimum Gasteiger partial charge on any atom is -0.571 e. The molecule has 26 unspecified atom stereocenters. The summed E-state index contributed by atoms with van der Waals surface area (Å²) in [7, 11) is 0. The van der Waals surface area contributed by atoms with Crippen molar-refractivity contribution in [1.29, 1.82) is 0 Å². The number of carbonyl (C=O) groups excluding carboxylic acids is 3. The maximum absolute atomic E-state index is 13.2. The average molecular weight is 1490 g/mol. The second-order valence-corrected chi connectivity index (χ2v) is 24.7. The lowest BCUT2D eigenvalue weighted by Gasteiger charge is -2.41. The molecule has 0 aliphatic carbocycles. The molecule has 0 amide bonds. The predicted molar refractivity (Wildman–Crippen MR) is 338 cm³/mol. The molecule has 4 aromatic rings. The molecule has 5 fully saturated rings. The number of fused-ring (bicyclic) bond motifs is 1. The molecule has 0 bridgehead atoms. The number of phenolic OH excluding ortho intramolecular Hbond substituents is 3. The molecule has 5 saturated heterocycles. The molecule has 39 nitrogen and oxygen atoms in total. The molecular formula is C66H77O39+. The highest BCUT2D eigenvalue weighted by molar-refractivity contribution is 5.90. The van der Waals surface area contributed by atoms with Gasteiger partial charge in [-0.05, 0) is 59.7 Å². The number of aliphatic hydroxyl groups is 18. The van der Waals surface area contributed by atoms with Crippen LogP contribution in [0.1, 0.15) is 34.8 Å². The van der Waals surface area contributed by atoms with Gasteiger partial charge in [0.25, 0.3) is 11.9 Å². The van der Waals surface area contributed by atoms with E-state index in [0.29, 0.717) is 11.1 Å². The van der Waals surface area contributed by atoms with Gasteiger partial charge in [0.05, 0.1) is 24.8 Å². The topological polar surface area (TPSA) is 626 Å². The van der Waals surface area contributed by atoms with Crippen molar-refractivity contribution in [2.75, 3.05) is 33.0 Å². The third-order valence-corrected chi connectivity index (χ3v) is 17.3. The van der Waals surface area contributed by atoms with Crippen molar-refractivity contribution < 1.29 is 193 Å². The van der Waals surface area contributed by atoms with Crippen LogP contribution in [-0.2, 0) is 61.8 Å². The number of esters is 3. The third-order valence-electron chi connectivity index (χ3n) is 17.3. The van der Waals surface area contributed by atoms with Crippen LogP contribution in [0.3, 0.4) is 0 Å². The molecule has 10 rings (SSSR count). The molecule has 22 N–H and O–H groups in total. The van der Waals surface area contributed by atoms with Crippen LogP contribution in [0.4, 0.5) is 0 Å². The van der Waals surface area contributed by atoms with E-state index in [2.05, 4.69) is 4.74 Å². The van der Waals surface area contributed by atoms with Crippen molar-refractivity contribution in [2.45, 2.75) is 166 Å². The zero-order valence-electron chi connectivity index (χ0n) is 54.3. The van der Waals surface area contributed by atoms with E-state index in [4.69, 9.17) is 66.7 Å². The Morgan fingerprint density at radius 3 is 1.18 bits per heavy atom. The first-order valence-electron chi connectivity index (χ1n) is 32.1. The van der Waals surface area contributed by atoms with Crippen molar-refractivity contribution in [1.82, 2.24) is 0 Å². The number of hydrogen-bond donors (Lipinski definition) is 21. The van der Waals surface area contributed by atoms with Gasteiger partial charge < -0.3 is 174 Å². The van der Waals surface area contributed by atoms with Gasteiger partial charge in [-0.1, -0.05) is 24.3 Å². The molecule has 0 radical (unpaired) electrons. The van der Waals surface area contributed by atoms with Crippen LogP contribution in [0.2, 0.25) is 0 Å². The number of hydrogen-bond acceptors (Lipinski definition) is 37. The quantitative estimate of drug-likeness (QED) is 0.00964. The SMILES string of the molecule is O=C(O)CC(=O)OCC1OC(OC2=Cc3c(O)cc(O)cc3[OH+]C2c2cc(OC3OC(CO)C(O)C(O)C3O)c(O)c(OC3OC(COC(=O)C=Cc4ccc(OC5OC(COC(=O)C=Cc6ccc(OC7OC(CO)C(O)C(O)C7O)cc6)C(O)C(O)C5O)cc4)C(O)C(O)C3O)c2)C(O)C(O)C1O. The Morgan fingerprint density at radius 1 is 0.429 bits per heavy atom. The van der Waals surface area contributed by atoms with Gasteiger partial charge in [0, 0.05) is 24.3 Å². The molecule has 6 heterocycles. The standard InChI is InChI=1S/C66H76O39/c67-19-36-46(77)51(82)56(87)62(101-36)95-28-7-1-24(2-8-28)5-11-42(73)92-21-38-48(79)53(84)57(88)63(103-38)96-29-9-3-25(4-10-29)6-12-43(74)93-22-39-49(80)54(85)59(90)65(104-39)99-34-14-26(13-33(45(34)76)98-64-58(89)52(83)47(78)37(20-68)102-64)61-35(17-30-31(70)15-27(69)16-32(30)97-61)100-66-60(91)55(86)50(81)40(105-66)23-94-44(75)18-41(71)72/h1-17,36-40,46-70,76-91H,18-23H2,(H,71,72)/p+1. The van der Waals surface area contributed by atoms with Crippen LogP contribution in [0.15, 0.2) is 90.7 Å². The first kappa shape index (κ1) is 78.9. The number of aliphatic hydroxyl groups excluding tert-OH is 17. The summed E-state index contributed by atoms with van der Waals surface area (Å²) in [5, 5.41) is 223. The van der Waals surface area contributed by atoms with Crippen molar-refractivity contribution in [3.05, 3.63) is 113 Å². The van der Waals surface area contributed by atoms with Crippen LogP contribution in [0.5, 0.6) is 46.0 Å². The highest BCUT2D eigenvalue weighted by Gasteiger charge is 2.52. The van der Waals surface area contributed by atoms with E-state index in [9.17, 15) is 121 Å². The molecule has 26 atom stereocenters. The van der Waals surface area contributed by atoms with Crippen LogP contribution in [0, 0.1) is 0 Å². The van der Waals surface area contributed by atoms with E-state index in [1.54, 1.807) is 0 Å². The van der Waals surface area contributed by atoms with E-state index < -0.39 is 257 Å². The molecule has 39 heteroatoms. The van der Waals surface area contributed by atoms with Gasteiger partial charge in [-0.15, -0.1) is 0 Å². The summed E-state index contributed by atoms with van der Waals surface area (Å²) in [6, 6.07) is 15.4. The largest absolute Gasteiger partial charge is 0.571 e. The first-order valence-corrected chi connectivity index (χ1v) is 32.1. The Hall–Kier alpha value is -8.70. The van der Waals surface area contributed by atoms with Gasteiger partial charge in [0.1, 0.15) is 177 Å². The Labute approximate surface area is 591 Å². The zero-order chi connectivity index (χ0) is 76.0. The number of benzene rings is 4. The van der Waals surface area contributed by atoms with Gasteiger partial charge in [0.15, 0.2) is 17.3 Å². The van der Waals surface area contributed by atoms with E-state index in [0.717, 1.165) is 42.5 Å². The summed E-state index contributed by atoms with van der Waals surface area (Å²) in [6.07, 6.45) is -43.2. The van der Waals surface area contributed by atoms with Gasteiger partial charge in [-0.3, -0.25) is 9.59 Å². The first-order chi connectivity index (χ1) is 49.9. The predicted octanol–water partition coefficient (Wildman–Crippen LogP) is -6.77. The van der Waals surface area contributed by atoms with Crippen LogP contribution in [0.25, 0.3) is 18.2 Å². The summed E-state index contributed by atoms with van der Waals surface area (Å²) in [4.78, 5) is 49.1. The van der Waals surface area contributed by atoms with Gasteiger partial charge in [-0.25, -0.2) is 9.59 Å². The normalized spacial score (nSPS) is 34.7. The Bertz CT molecular complexity index is 3740. The second-order valence-electron chi connectivity index (χ2n) is 24.7. The Balaban J connectivity index is 0.789. The number of carboxylic acid groups (broad SMARTS) is 1. The minimum absolute atomic E-state index is 0.0295. The van der Waals surface area contributed by atoms with E-state index in [1.165, 1.54) is 60.7 Å². The smallest absolute Gasteiger partial charge is 0.330 e. The molecule has 4 aromatic carbocycles. The van der Waals surface area contributed by atoms with E-state index in [1.807, 2.05) is 0 Å². The van der Waals surface area contributed by atoms with Gasteiger partial charge in [0.2, 0.25) is 37.2 Å². The van der Waals surface area contributed by atoms with Crippen LogP contribution >= 0.6 is 0 Å². The molecule has 6 aliphatic heterocycles. The number of rotatable bonds is 25. The lowest BCUT2D eigenvalue weighted by atomic mass is 9.98. The molecule has 0 aromatic heterocycles. The highest BCUT2D eigenvalue weighted by atomic mass is 16.7. The fraction of sp³-hybridized carbons (Fsp3) is 0.485. The summed E-state index contributed by atoms with van der Waals surface area (Å²) in [6.45, 7) is -4.00. The van der Waals surface area contributed by atoms with Crippen molar-refractivity contribution in [3.63, 3.8) is 0 Å². The van der Waals surface area contributed by atoms with Crippen molar-refractivity contribution in [3.8, 4) is 46.0 Å². The number of aromatic hydroxyl groups is 4. The molecule has 0 saturated carbocycles. The highest BCUT2D eigenvalue weighted by Crippen LogP contribution is 2.49. The number of phenols is 3. The lowest BCUT2D eigenvalue weighted by Crippen LogP contribution is -2.60. The number of ether oxygens (including phenoxy) is 14. The van der Waals surface area contributed by atoms with E-state index in [-0.39, 0.29) is 28.4 Å². The number of aliphatic carboxylic acids is 1. The maximum Gasteiger partial charge on any atom is 0.330 e. The molecule has 105 heavy (non-hydrogen) atoms. The van der Waals surface area contributed by atoms with Gasteiger partial charge >= 0.3 is 23.9 Å². The Kier molecular flexibility index (Phi) is 25.7. The van der Waals surface area contributed by atoms with Crippen molar-refractivity contribution >= 4 is 42.1 Å². The number of carboxylic acids is 1. The molecule has 574 valence electrons. The third kappa shape index (κ3) is 18.4. The summed E-state index contributed by atoms with van der Waals surface area (Å²) >= 11 is 0. The minimum atomic E-state index is -2.22. The summed E-state index contributed by atoms with van der Waals surface area (Å²) < 4.78 is 77.2. The maximum atomic E-state index is 13.2. The monoisotopic (exact) mass is 1490 g/mol.